The average Bonchev–Trinajstić information content (AvgIpc) is 2.62. The lowest BCUT2D eigenvalue weighted by Crippen LogP contribution is -2.31. The number of anilines is 1. The standard InChI is InChI=1S/C20H15Cl2NO3/c1-2-23(19(24)12-6-4-3-5-7-12)17-10-14(20(25)26)8-13-9-15(21)11-16(22)18(13)17/h3-11H,2H2,1H3,(H,25,26). The second kappa shape index (κ2) is 7.36. The van der Waals surface area contributed by atoms with Gasteiger partial charge in [-0.2, -0.15) is 0 Å². The van der Waals surface area contributed by atoms with Crippen molar-refractivity contribution in [2.45, 2.75) is 6.92 Å². The van der Waals surface area contributed by atoms with Gasteiger partial charge in [-0.15, -0.1) is 0 Å². The summed E-state index contributed by atoms with van der Waals surface area (Å²) >= 11 is 12.4. The van der Waals surface area contributed by atoms with Crippen LogP contribution >= 0.6 is 23.2 Å². The minimum atomic E-state index is -1.09. The molecule has 3 aromatic rings. The van der Waals surface area contributed by atoms with Gasteiger partial charge in [0.25, 0.3) is 5.91 Å². The van der Waals surface area contributed by atoms with E-state index in [9.17, 15) is 14.7 Å². The molecule has 0 heterocycles. The van der Waals surface area contributed by atoms with Crippen LogP contribution in [0.15, 0.2) is 54.6 Å². The van der Waals surface area contributed by atoms with Gasteiger partial charge in [-0.25, -0.2) is 4.79 Å². The van der Waals surface area contributed by atoms with E-state index in [1.807, 2.05) is 13.0 Å². The fraction of sp³-hybridized carbons (Fsp3) is 0.100. The van der Waals surface area contributed by atoms with E-state index >= 15 is 0 Å². The second-order valence-corrected chi connectivity index (χ2v) is 6.55. The molecule has 0 aliphatic carbocycles. The molecule has 3 aromatic carbocycles. The van der Waals surface area contributed by atoms with E-state index < -0.39 is 5.97 Å². The Morgan fingerprint density at radius 1 is 1.00 bits per heavy atom. The Hall–Kier alpha value is -2.56. The number of carboxylic acids is 1. The van der Waals surface area contributed by atoms with Gasteiger partial charge in [0.1, 0.15) is 0 Å². The van der Waals surface area contributed by atoms with E-state index in [1.54, 1.807) is 36.4 Å². The van der Waals surface area contributed by atoms with Crippen LogP contribution in [0.1, 0.15) is 27.6 Å². The fourth-order valence-corrected chi connectivity index (χ4v) is 3.51. The predicted octanol–water partition coefficient (Wildman–Crippen LogP) is 5.51. The van der Waals surface area contributed by atoms with Crippen LogP contribution < -0.4 is 4.90 Å². The van der Waals surface area contributed by atoms with E-state index in [1.165, 1.54) is 17.0 Å². The Balaban J connectivity index is 2.27. The van der Waals surface area contributed by atoms with E-state index in [4.69, 9.17) is 23.2 Å². The highest BCUT2D eigenvalue weighted by Gasteiger charge is 2.21. The first-order chi connectivity index (χ1) is 12.4. The Kier molecular flexibility index (Phi) is 5.16. The van der Waals surface area contributed by atoms with Gasteiger partial charge < -0.3 is 10.0 Å². The van der Waals surface area contributed by atoms with Gasteiger partial charge in [0, 0.05) is 22.5 Å². The van der Waals surface area contributed by atoms with Crippen LogP contribution in [0.3, 0.4) is 0 Å². The summed E-state index contributed by atoms with van der Waals surface area (Å²) in [5.74, 6) is -1.32. The zero-order valence-electron chi connectivity index (χ0n) is 13.9. The predicted molar refractivity (Wildman–Crippen MR) is 105 cm³/mol. The summed E-state index contributed by atoms with van der Waals surface area (Å²) < 4.78 is 0. The van der Waals surface area contributed by atoms with Crippen molar-refractivity contribution in [2.24, 2.45) is 0 Å². The van der Waals surface area contributed by atoms with Crippen LogP contribution in [0.4, 0.5) is 5.69 Å². The normalized spacial score (nSPS) is 10.7. The molecule has 0 aliphatic rings. The van der Waals surface area contributed by atoms with Gasteiger partial charge in [-0.3, -0.25) is 4.79 Å². The summed E-state index contributed by atoms with van der Waals surface area (Å²) in [7, 11) is 0. The molecule has 0 spiro atoms. The lowest BCUT2D eigenvalue weighted by Gasteiger charge is -2.24. The third kappa shape index (κ3) is 3.39. The molecule has 1 amide bonds. The summed E-state index contributed by atoms with van der Waals surface area (Å²) in [6.45, 7) is 2.18. The van der Waals surface area contributed by atoms with Crippen molar-refractivity contribution in [1.82, 2.24) is 0 Å². The largest absolute Gasteiger partial charge is 0.478 e. The molecule has 3 rings (SSSR count). The van der Waals surface area contributed by atoms with Crippen molar-refractivity contribution in [2.75, 3.05) is 11.4 Å². The number of amides is 1. The summed E-state index contributed by atoms with van der Waals surface area (Å²) in [6.07, 6.45) is 0. The summed E-state index contributed by atoms with van der Waals surface area (Å²) in [5.41, 5.74) is 1.01. The molecule has 4 nitrogen and oxygen atoms in total. The van der Waals surface area contributed by atoms with E-state index in [2.05, 4.69) is 0 Å². The Morgan fingerprint density at radius 3 is 2.31 bits per heavy atom. The highest BCUT2D eigenvalue weighted by molar-refractivity contribution is 6.40. The van der Waals surface area contributed by atoms with Gasteiger partial charge in [-0.05, 0) is 48.7 Å². The van der Waals surface area contributed by atoms with E-state index in [0.29, 0.717) is 38.6 Å². The van der Waals surface area contributed by atoms with Gasteiger partial charge in [0.15, 0.2) is 0 Å². The number of rotatable bonds is 4. The molecule has 0 unspecified atom stereocenters. The molecule has 0 saturated carbocycles. The summed E-state index contributed by atoms with van der Waals surface area (Å²) in [6, 6.07) is 15.0. The van der Waals surface area contributed by atoms with Crippen LogP contribution in [0.2, 0.25) is 10.0 Å². The lowest BCUT2D eigenvalue weighted by molar-refractivity contribution is 0.0696. The Labute approximate surface area is 160 Å². The van der Waals surface area contributed by atoms with E-state index in [-0.39, 0.29) is 11.5 Å². The second-order valence-electron chi connectivity index (χ2n) is 5.70. The number of carboxylic acid groups (broad SMARTS) is 1. The molecule has 26 heavy (non-hydrogen) atoms. The first-order valence-electron chi connectivity index (χ1n) is 7.95. The Morgan fingerprint density at radius 2 is 1.69 bits per heavy atom. The third-order valence-corrected chi connectivity index (χ3v) is 4.58. The average molecular weight is 388 g/mol. The highest BCUT2D eigenvalue weighted by atomic mass is 35.5. The number of halogens is 2. The smallest absolute Gasteiger partial charge is 0.335 e. The number of hydrogen-bond donors (Lipinski definition) is 1. The zero-order valence-corrected chi connectivity index (χ0v) is 15.4. The van der Waals surface area contributed by atoms with Crippen molar-refractivity contribution in [3.05, 3.63) is 75.8 Å². The van der Waals surface area contributed by atoms with Crippen molar-refractivity contribution in [1.29, 1.82) is 0 Å². The monoisotopic (exact) mass is 387 g/mol. The minimum absolute atomic E-state index is 0.0603. The molecule has 0 fully saturated rings. The highest BCUT2D eigenvalue weighted by Crippen LogP contribution is 2.37. The molecule has 0 aliphatic heterocycles. The maximum atomic E-state index is 13.0. The number of fused-ring (bicyclic) bond motifs is 1. The van der Waals surface area contributed by atoms with Crippen molar-refractivity contribution in [3.63, 3.8) is 0 Å². The Bertz CT molecular complexity index is 1000. The molecule has 6 heteroatoms. The number of benzene rings is 3. The maximum absolute atomic E-state index is 13.0. The van der Waals surface area contributed by atoms with Gasteiger partial charge in [0.2, 0.25) is 0 Å². The van der Waals surface area contributed by atoms with Crippen LogP contribution in [0, 0.1) is 0 Å². The van der Waals surface area contributed by atoms with Crippen LogP contribution in [0.25, 0.3) is 10.8 Å². The van der Waals surface area contributed by atoms with Crippen molar-refractivity contribution >= 4 is 51.5 Å². The molecular weight excluding hydrogens is 373 g/mol. The molecular formula is C20H15Cl2NO3. The number of aromatic carboxylic acids is 1. The van der Waals surface area contributed by atoms with Gasteiger partial charge in [0.05, 0.1) is 16.3 Å². The maximum Gasteiger partial charge on any atom is 0.335 e. The topological polar surface area (TPSA) is 57.6 Å². The summed E-state index contributed by atoms with van der Waals surface area (Å²) in [4.78, 5) is 26.1. The van der Waals surface area contributed by atoms with Gasteiger partial charge >= 0.3 is 5.97 Å². The fourth-order valence-electron chi connectivity index (χ4n) is 2.90. The number of carbonyl (C=O) groups excluding carboxylic acids is 1. The van der Waals surface area contributed by atoms with E-state index in [0.717, 1.165) is 0 Å². The first-order valence-corrected chi connectivity index (χ1v) is 8.71. The SMILES string of the molecule is CCN(C(=O)c1ccccc1)c1cc(C(=O)O)cc2cc(Cl)cc(Cl)c12. The zero-order chi connectivity index (χ0) is 18.8. The number of hydrogen-bond acceptors (Lipinski definition) is 2. The van der Waals surface area contributed by atoms with Crippen LogP contribution in [-0.4, -0.2) is 23.5 Å². The molecule has 0 atom stereocenters. The molecule has 1 N–H and O–H groups in total. The van der Waals surface area contributed by atoms with Crippen LogP contribution in [0.5, 0.6) is 0 Å². The molecule has 0 saturated heterocycles. The van der Waals surface area contributed by atoms with Gasteiger partial charge in [-0.1, -0.05) is 41.4 Å². The lowest BCUT2D eigenvalue weighted by atomic mass is 10.0. The molecule has 0 radical (unpaired) electrons. The molecule has 0 aromatic heterocycles. The minimum Gasteiger partial charge on any atom is -0.478 e. The van der Waals surface area contributed by atoms with Crippen LogP contribution in [-0.2, 0) is 0 Å². The third-order valence-electron chi connectivity index (χ3n) is 4.06. The van der Waals surface area contributed by atoms with Crippen molar-refractivity contribution < 1.29 is 14.7 Å². The molecule has 132 valence electrons. The number of nitrogens with zero attached hydrogens (tertiary/aromatic N) is 1. The summed E-state index contributed by atoms with van der Waals surface area (Å²) in [5, 5.41) is 11.4. The van der Waals surface area contributed by atoms with Crippen molar-refractivity contribution in [3.8, 4) is 0 Å². The quantitative estimate of drug-likeness (QED) is 0.641. The molecule has 0 bridgehead atoms. The first kappa shape index (κ1) is 18.2. The number of carbonyl (C=O) groups is 2.